The molecule has 0 saturated carbocycles. The van der Waals surface area contributed by atoms with Gasteiger partial charge >= 0.3 is 0 Å². The summed E-state index contributed by atoms with van der Waals surface area (Å²) in [6.07, 6.45) is 0.259. The Morgan fingerprint density at radius 2 is 1.78 bits per heavy atom. The van der Waals surface area contributed by atoms with E-state index in [0.29, 0.717) is 17.1 Å². The number of carbonyl (C=O) groups is 1. The summed E-state index contributed by atoms with van der Waals surface area (Å²) in [5, 5.41) is 0. The van der Waals surface area contributed by atoms with Gasteiger partial charge in [0.05, 0.1) is 19.8 Å². The minimum Gasteiger partial charge on any atom is -0.496 e. The Morgan fingerprint density at radius 3 is 2.22 bits per heavy atom. The smallest absolute Gasteiger partial charge is 0.168 e. The number of nitrogens with two attached hydrogens (primary N) is 1. The summed E-state index contributed by atoms with van der Waals surface area (Å²) in [6.45, 7) is 5.55. The summed E-state index contributed by atoms with van der Waals surface area (Å²) in [4.78, 5) is 12.2. The van der Waals surface area contributed by atoms with Gasteiger partial charge in [0.25, 0.3) is 0 Å². The number of benzene rings is 1. The molecule has 0 fully saturated rings. The first-order valence-electron chi connectivity index (χ1n) is 5.83. The second kappa shape index (κ2) is 5.40. The molecule has 0 atom stereocenters. The van der Waals surface area contributed by atoms with Crippen molar-refractivity contribution >= 4 is 5.78 Å². The maximum Gasteiger partial charge on any atom is 0.168 e. The SMILES string of the molecule is COc1cc(C(=O)CC(C)(C)N)c(OC)cc1C. The molecule has 18 heavy (non-hydrogen) atoms. The third-order valence-corrected chi connectivity index (χ3v) is 2.63. The summed E-state index contributed by atoms with van der Waals surface area (Å²) < 4.78 is 10.5. The highest BCUT2D eigenvalue weighted by Crippen LogP contribution is 2.29. The van der Waals surface area contributed by atoms with Crippen LogP contribution in [0.15, 0.2) is 12.1 Å². The molecular formula is C14H21NO3. The zero-order valence-corrected chi connectivity index (χ0v) is 11.7. The summed E-state index contributed by atoms with van der Waals surface area (Å²) >= 11 is 0. The fraction of sp³-hybridized carbons (Fsp3) is 0.500. The third kappa shape index (κ3) is 3.47. The molecule has 2 N–H and O–H groups in total. The van der Waals surface area contributed by atoms with Gasteiger partial charge in [-0.15, -0.1) is 0 Å². The number of carbonyl (C=O) groups excluding carboxylic acids is 1. The lowest BCUT2D eigenvalue weighted by atomic mass is 9.94. The van der Waals surface area contributed by atoms with Gasteiger partial charge in [0.15, 0.2) is 5.78 Å². The number of hydrogen-bond donors (Lipinski definition) is 1. The Kier molecular flexibility index (Phi) is 4.35. The molecule has 0 bridgehead atoms. The van der Waals surface area contributed by atoms with E-state index in [0.717, 1.165) is 5.56 Å². The van der Waals surface area contributed by atoms with E-state index in [-0.39, 0.29) is 12.2 Å². The maximum absolute atomic E-state index is 12.2. The van der Waals surface area contributed by atoms with E-state index in [1.165, 1.54) is 0 Å². The van der Waals surface area contributed by atoms with Gasteiger partial charge in [-0.1, -0.05) is 0 Å². The van der Waals surface area contributed by atoms with Gasteiger partial charge in [-0.3, -0.25) is 4.79 Å². The van der Waals surface area contributed by atoms with Crippen LogP contribution in [0.4, 0.5) is 0 Å². The van der Waals surface area contributed by atoms with Gasteiger partial charge in [-0.25, -0.2) is 0 Å². The van der Waals surface area contributed by atoms with Crippen molar-refractivity contribution in [3.8, 4) is 11.5 Å². The fourth-order valence-corrected chi connectivity index (χ4v) is 1.78. The molecule has 0 heterocycles. The fourth-order valence-electron chi connectivity index (χ4n) is 1.78. The number of rotatable bonds is 5. The molecule has 1 aromatic carbocycles. The summed E-state index contributed by atoms with van der Waals surface area (Å²) in [5.41, 5.74) is 6.77. The van der Waals surface area contributed by atoms with Crippen LogP contribution in [0, 0.1) is 6.92 Å². The molecule has 0 saturated heterocycles. The van der Waals surface area contributed by atoms with E-state index in [4.69, 9.17) is 15.2 Å². The average Bonchev–Trinajstić information content (AvgIpc) is 2.26. The Hall–Kier alpha value is -1.55. The highest BCUT2D eigenvalue weighted by molar-refractivity contribution is 5.99. The first-order valence-corrected chi connectivity index (χ1v) is 5.83. The van der Waals surface area contributed by atoms with Crippen molar-refractivity contribution in [1.82, 2.24) is 0 Å². The maximum atomic E-state index is 12.2. The number of ether oxygens (including phenoxy) is 2. The van der Waals surface area contributed by atoms with Gasteiger partial charge in [-0.05, 0) is 38.5 Å². The van der Waals surface area contributed by atoms with E-state index in [1.807, 2.05) is 20.8 Å². The van der Waals surface area contributed by atoms with Crippen LogP contribution in [0.25, 0.3) is 0 Å². The first-order chi connectivity index (χ1) is 8.28. The summed E-state index contributed by atoms with van der Waals surface area (Å²) in [7, 11) is 3.13. The Balaban J connectivity index is 3.17. The zero-order valence-electron chi connectivity index (χ0n) is 11.7. The Morgan fingerprint density at radius 1 is 1.22 bits per heavy atom. The number of Topliss-reactive ketones (excluding diaryl/α,β-unsaturated/α-hetero) is 1. The van der Waals surface area contributed by atoms with Gasteiger partial charge in [0.1, 0.15) is 11.5 Å². The van der Waals surface area contributed by atoms with Crippen molar-refractivity contribution in [2.45, 2.75) is 32.7 Å². The summed E-state index contributed by atoms with van der Waals surface area (Å²) in [6, 6.07) is 3.51. The molecule has 0 unspecified atom stereocenters. The monoisotopic (exact) mass is 251 g/mol. The van der Waals surface area contributed by atoms with Crippen LogP contribution < -0.4 is 15.2 Å². The lowest BCUT2D eigenvalue weighted by molar-refractivity contribution is 0.0957. The Labute approximate surface area is 108 Å². The molecule has 0 radical (unpaired) electrons. The average molecular weight is 251 g/mol. The molecule has 4 nitrogen and oxygen atoms in total. The second-order valence-corrected chi connectivity index (χ2v) is 5.11. The van der Waals surface area contributed by atoms with Crippen LogP contribution in [-0.4, -0.2) is 25.5 Å². The van der Waals surface area contributed by atoms with Crippen molar-refractivity contribution in [3.63, 3.8) is 0 Å². The van der Waals surface area contributed by atoms with E-state index in [9.17, 15) is 4.79 Å². The first kappa shape index (κ1) is 14.5. The largest absolute Gasteiger partial charge is 0.496 e. The minimum atomic E-state index is -0.541. The minimum absolute atomic E-state index is 0.0438. The van der Waals surface area contributed by atoms with Crippen molar-refractivity contribution < 1.29 is 14.3 Å². The molecule has 0 aliphatic heterocycles. The quantitative estimate of drug-likeness (QED) is 0.816. The van der Waals surface area contributed by atoms with Gasteiger partial charge in [-0.2, -0.15) is 0 Å². The molecular weight excluding hydrogens is 230 g/mol. The summed E-state index contributed by atoms with van der Waals surface area (Å²) in [5.74, 6) is 1.19. The van der Waals surface area contributed by atoms with Crippen LogP contribution in [0.3, 0.4) is 0 Å². The molecule has 0 aromatic heterocycles. The number of hydrogen-bond acceptors (Lipinski definition) is 4. The van der Waals surface area contributed by atoms with Gasteiger partial charge in [0, 0.05) is 12.0 Å². The standard InChI is InChI=1S/C14H21NO3/c1-9-6-13(18-5)10(7-12(9)17-4)11(16)8-14(2,3)15/h6-7H,8,15H2,1-5H3. The van der Waals surface area contributed by atoms with Crippen molar-refractivity contribution in [1.29, 1.82) is 0 Å². The van der Waals surface area contributed by atoms with E-state index in [1.54, 1.807) is 26.4 Å². The van der Waals surface area contributed by atoms with Gasteiger partial charge < -0.3 is 15.2 Å². The topological polar surface area (TPSA) is 61.5 Å². The van der Waals surface area contributed by atoms with Crippen LogP contribution in [0.1, 0.15) is 36.2 Å². The highest BCUT2D eigenvalue weighted by atomic mass is 16.5. The molecule has 0 aliphatic carbocycles. The molecule has 4 heteroatoms. The van der Waals surface area contributed by atoms with Crippen LogP contribution >= 0.6 is 0 Å². The normalized spacial score (nSPS) is 11.2. The number of methoxy groups -OCH3 is 2. The second-order valence-electron chi connectivity index (χ2n) is 5.11. The molecule has 0 spiro atoms. The number of aryl methyl sites for hydroxylation is 1. The predicted molar refractivity (Wildman–Crippen MR) is 71.5 cm³/mol. The molecule has 100 valence electrons. The Bertz CT molecular complexity index is 447. The third-order valence-electron chi connectivity index (χ3n) is 2.63. The van der Waals surface area contributed by atoms with Crippen LogP contribution in [0.5, 0.6) is 11.5 Å². The van der Waals surface area contributed by atoms with Crippen LogP contribution in [-0.2, 0) is 0 Å². The van der Waals surface area contributed by atoms with Crippen molar-refractivity contribution in [3.05, 3.63) is 23.3 Å². The van der Waals surface area contributed by atoms with Crippen molar-refractivity contribution in [2.75, 3.05) is 14.2 Å². The van der Waals surface area contributed by atoms with E-state index >= 15 is 0 Å². The lowest BCUT2D eigenvalue weighted by Crippen LogP contribution is -2.34. The van der Waals surface area contributed by atoms with E-state index < -0.39 is 5.54 Å². The van der Waals surface area contributed by atoms with Crippen LogP contribution in [0.2, 0.25) is 0 Å². The van der Waals surface area contributed by atoms with E-state index in [2.05, 4.69) is 0 Å². The zero-order chi connectivity index (χ0) is 13.9. The lowest BCUT2D eigenvalue weighted by Gasteiger charge is -2.19. The molecule has 0 aliphatic rings. The highest BCUT2D eigenvalue weighted by Gasteiger charge is 2.21. The van der Waals surface area contributed by atoms with Gasteiger partial charge in [0.2, 0.25) is 0 Å². The molecule has 1 rings (SSSR count). The molecule has 1 aromatic rings. The number of ketones is 1. The molecule has 0 amide bonds. The van der Waals surface area contributed by atoms with Crippen molar-refractivity contribution in [2.24, 2.45) is 5.73 Å². The predicted octanol–water partition coefficient (Wildman–Crippen LogP) is 2.32.